The van der Waals surface area contributed by atoms with Crippen LogP contribution in [0, 0.1) is 5.92 Å². The van der Waals surface area contributed by atoms with E-state index in [-0.39, 0.29) is 0 Å². The highest BCUT2D eigenvalue weighted by molar-refractivity contribution is 4.55. The van der Waals surface area contributed by atoms with Crippen LogP contribution in [0.4, 0.5) is 0 Å². The molecule has 2 heteroatoms. The van der Waals surface area contributed by atoms with Crippen molar-refractivity contribution in [3.8, 4) is 0 Å². The van der Waals surface area contributed by atoms with Gasteiger partial charge in [0.15, 0.2) is 0 Å². The van der Waals surface area contributed by atoms with Gasteiger partial charge in [-0.3, -0.25) is 0 Å². The van der Waals surface area contributed by atoms with Crippen LogP contribution in [0.3, 0.4) is 0 Å². The molecule has 0 aliphatic carbocycles. The average molecular weight is 186 g/mol. The minimum atomic E-state index is 0.628. The van der Waals surface area contributed by atoms with E-state index in [4.69, 9.17) is 0 Å². The molecular weight excluding hydrogens is 160 g/mol. The maximum absolute atomic E-state index is 3.45. The third-order valence-electron chi connectivity index (χ3n) is 1.89. The van der Waals surface area contributed by atoms with E-state index in [9.17, 15) is 0 Å². The first-order valence-electron chi connectivity index (χ1n) is 5.57. The molecule has 0 bridgehead atoms. The van der Waals surface area contributed by atoms with Gasteiger partial charge in [0.05, 0.1) is 0 Å². The molecule has 80 valence electrons. The summed E-state index contributed by atoms with van der Waals surface area (Å²) in [5.74, 6) is 0.772. The van der Waals surface area contributed by atoms with Crippen molar-refractivity contribution in [3.05, 3.63) is 0 Å². The Balaban J connectivity index is 2.92. The molecular formula is C11H26N2. The van der Waals surface area contributed by atoms with Gasteiger partial charge in [-0.05, 0) is 38.4 Å². The van der Waals surface area contributed by atoms with Crippen LogP contribution in [0.25, 0.3) is 0 Å². The van der Waals surface area contributed by atoms with Crippen LogP contribution < -0.4 is 10.6 Å². The first-order valence-corrected chi connectivity index (χ1v) is 5.57. The summed E-state index contributed by atoms with van der Waals surface area (Å²) in [4.78, 5) is 0. The molecule has 0 spiro atoms. The second-order valence-electron chi connectivity index (χ2n) is 4.41. The smallest absolute Gasteiger partial charge is 0.00103 e. The number of hydrogen-bond donors (Lipinski definition) is 2. The first-order chi connectivity index (χ1) is 6.13. The second-order valence-corrected chi connectivity index (χ2v) is 4.41. The zero-order valence-corrected chi connectivity index (χ0v) is 9.69. The van der Waals surface area contributed by atoms with Crippen LogP contribution in [0.1, 0.15) is 40.5 Å². The summed E-state index contributed by atoms with van der Waals surface area (Å²) in [6, 6.07) is 0.628. The fraction of sp³-hybridized carbons (Fsp3) is 1.00. The Labute approximate surface area is 83.5 Å². The van der Waals surface area contributed by atoms with Crippen molar-refractivity contribution in [2.45, 2.75) is 46.6 Å². The fourth-order valence-electron chi connectivity index (χ4n) is 1.16. The second kappa shape index (κ2) is 8.52. The molecule has 0 radical (unpaired) electrons. The van der Waals surface area contributed by atoms with E-state index >= 15 is 0 Å². The van der Waals surface area contributed by atoms with Crippen LogP contribution in [0.2, 0.25) is 0 Å². The normalized spacial score (nSPS) is 11.5. The molecule has 0 atom stereocenters. The Morgan fingerprint density at radius 1 is 0.923 bits per heavy atom. The van der Waals surface area contributed by atoms with Gasteiger partial charge in [-0.1, -0.05) is 27.7 Å². The van der Waals surface area contributed by atoms with Crippen LogP contribution in [-0.2, 0) is 0 Å². The van der Waals surface area contributed by atoms with Gasteiger partial charge in [0.25, 0.3) is 0 Å². The highest BCUT2D eigenvalue weighted by atomic mass is 14.9. The topological polar surface area (TPSA) is 24.1 Å². The molecule has 0 amide bonds. The molecule has 13 heavy (non-hydrogen) atoms. The van der Waals surface area contributed by atoms with Crippen molar-refractivity contribution < 1.29 is 0 Å². The maximum atomic E-state index is 3.45. The molecule has 0 saturated carbocycles. The lowest BCUT2D eigenvalue weighted by Gasteiger charge is -2.09. The monoisotopic (exact) mass is 186 g/mol. The van der Waals surface area contributed by atoms with Crippen molar-refractivity contribution in [1.29, 1.82) is 0 Å². The van der Waals surface area contributed by atoms with E-state index in [0.29, 0.717) is 6.04 Å². The van der Waals surface area contributed by atoms with Crippen molar-refractivity contribution in [2.75, 3.05) is 19.6 Å². The van der Waals surface area contributed by atoms with Crippen LogP contribution in [-0.4, -0.2) is 25.7 Å². The third-order valence-corrected chi connectivity index (χ3v) is 1.89. The van der Waals surface area contributed by atoms with Crippen molar-refractivity contribution in [2.24, 2.45) is 5.92 Å². The van der Waals surface area contributed by atoms with E-state index in [1.54, 1.807) is 0 Å². The van der Waals surface area contributed by atoms with Crippen molar-refractivity contribution >= 4 is 0 Å². The average Bonchev–Trinajstić information content (AvgIpc) is 2.01. The summed E-state index contributed by atoms with van der Waals surface area (Å²) in [5.41, 5.74) is 0. The van der Waals surface area contributed by atoms with Crippen molar-refractivity contribution in [3.63, 3.8) is 0 Å². The molecule has 0 aliphatic rings. The predicted molar refractivity (Wildman–Crippen MR) is 60.1 cm³/mol. The molecule has 0 rings (SSSR count). The summed E-state index contributed by atoms with van der Waals surface area (Å²) in [6.45, 7) is 12.3. The Morgan fingerprint density at radius 3 is 2.08 bits per heavy atom. The van der Waals surface area contributed by atoms with Crippen LogP contribution in [0.5, 0.6) is 0 Å². The third kappa shape index (κ3) is 11.9. The van der Waals surface area contributed by atoms with E-state index in [1.165, 1.54) is 12.8 Å². The standard InChI is InChI=1S/C11H26N2/c1-10(2)9-12-7-5-6-8-13-11(3)4/h10-13H,5-9H2,1-4H3. The van der Waals surface area contributed by atoms with Crippen LogP contribution >= 0.6 is 0 Å². The highest BCUT2D eigenvalue weighted by Gasteiger charge is 1.93. The van der Waals surface area contributed by atoms with Crippen molar-refractivity contribution in [1.82, 2.24) is 10.6 Å². The first kappa shape index (κ1) is 12.9. The number of nitrogens with one attached hydrogen (secondary N) is 2. The highest BCUT2D eigenvalue weighted by Crippen LogP contribution is 1.89. The SMILES string of the molecule is CC(C)CNCCCCNC(C)C. The largest absolute Gasteiger partial charge is 0.316 e. The summed E-state index contributed by atoms with van der Waals surface area (Å²) in [7, 11) is 0. The van der Waals surface area contributed by atoms with E-state index in [2.05, 4.69) is 38.3 Å². The lowest BCUT2D eigenvalue weighted by Crippen LogP contribution is -2.25. The Bertz CT molecular complexity index is 88.3. The zero-order chi connectivity index (χ0) is 10.1. The summed E-state index contributed by atoms with van der Waals surface area (Å²) >= 11 is 0. The minimum absolute atomic E-state index is 0.628. The zero-order valence-electron chi connectivity index (χ0n) is 9.69. The molecule has 0 aromatic carbocycles. The van der Waals surface area contributed by atoms with E-state index in [1.807, 2.05) is 0 Å². The minimum Gasteiger partial charge on any atom is -0.316 e. The van der Waals surface area contributed by atoms with Gasteiger partial charge >= 0.3 is 0 Å². The lowest BCUT2D eigenvalue weighted by molar-refractivity contribution is 0.513. The number of unbranched alkanes of at least 4 members (excludes halogenated alkanes) is 1. The summed E-state index contributed by atoms with van der Waals surface area (Å²) < 4.78 is 0. The molecule has 2 N–H and O–H groups in total. The number of hydrogen-bond acceptors (Lipinski definition) is 2. The molecule has 0 aromatic rings. The van der Waals surface area contributed by atoms with Gasteiger partial charge in [0.1, 0.15) is 0 Å². The maximum Gasteiger partial charge on any atom is 0.00103 e. The molecule has 0 unspecified atom stereocenters. The number of rotatable bonds is 8. The van der Waals surface area contributed by atoms with Gasteiger partial charge in [0, 0.05) is 6.04 Å². The Kier molecular flexibility index (Phi) is 8.46. The van der Waals surface area contributed by atoms with Gasteiger partial charge in [-0.2, -0.15) is 0 Å². The molecule has 0 fully saturated rings. The fourth-order valence-corrected chi connectivity index (χ4v) is 1.16. The quantitative estimate of drug-likeness (QED) is 0.567. The summed E-state index contributed by atoms with van der Waals surface area (Å²) in [6.07, 6.45) is 2.57. The Hall–Kier alpha value is -0.0800. The predicted octanol–water partition coefficient (Wildman–Crippen LogP) is 2.01. The van der Waals surface area contributed by atoms with E-state index < -0.39 is 0 Å². The van der Waals surface area contributed by atoms with Gasteiger partial charge < -0.3 is 10.6 Å². The lowest BCUT2D eigenvalue weighted by atomic mass is 10.2. The van der Waals surface area contributed by atoms with E-state index in [0.717, 1.165) is 25.6 Å². The van der Waals surface area contributed by atoms with Gasteiger partial charge in [-0.25, -0.2) is 0 Å². The van der Waals surface area contributed by atoms with Gasteiger partial charge in [-0.15, -0.1) is 0 Å². The molecule has 0 heterocycles. The van der Waals surface area contributed by atoms with Crippen LogP contribution in [0.15, 0.2) is 0 Å². The molecule has 2 nitrogen and oxygen atoms in total. The van der Waals surface area contributed by atoms with Gasteiger partial charge in [0.2, 0.25) is 0 Å². The summed E-state index contributed by atoms with van der Waals surface area (Å²) in [5, 5.41) is 6.86. The molecule has 0 aliphatic heterocycles. The Morgan fingerprint density at radius 2 is 1.54 bits per heavy atom. The molecule has 0 aromatic heterocycles. The molecule has 0 saturated heterocycles.